The lowest BCUT2D eigenvalue weighted by atomic mass is 9.93. The lowest BCUT2D eigenvalue weighted by Crippen LogP contribution is -2.56. The minimum absolute atomic E-state index is 0.117. The maximum atomic E-state index is 13.0. The third kappa shape index (κ3) is 4.28. The zero-order valence-electron chi connectivity index (χ0n) is 18.2. The van der Waals surface area contributed by atoms with E-state index in [1.807, 2.05) is 21.1 Å². The first kappa shape index (κ1) is 20.7. The Morgan fingerprint density at radius 1 is 1.06 bits per heavy atom. The Morgan fingerprint density at radius 2 is 1.87 bits per heavy atom. The van der Waals surface area contributed by atoms with Crippen LogP contribution in [-0.4, -0.2) is 65.3 Å². The van der Waals surface area contributed by atoms with E-state index < -0.39 is 0 Å². The molecule has 0 bridgehead atoms. The molecule has 1 aromatic carbocycles. The Hall–Kier alpha value is -2.18. The molecule has 0 N–H and O–H groups in total. The van der Waals surface area contributed by atoms with Crippen molar-refractivity contribution in [3.63, 3.8) is 0 Å². The Bertz CT molecular complexity index is 939. The molecule has 6 heteroatoms. The van der Waals surface area contributed by atoms with Crippen molar-refractivity contribution in [1.82, 2.24) is 14.7 Å². The number of fused-ring (bicyclic) bond motifs is 1. The van der Waals surface area contributed by atoms with Gasteiger partial charge >= 0.3 is 0 Å². The number of hydrogen-bond acceptors (Lipinski definition) is 4. The summed E-state index contributed by atoms with van der Waals surface area (Å²) in [6.07, 6.45) is 3.67. The molecule has 2 aromatic rings. The molecule has 1 saturated carbocycles. The van der Waals surface area contributed by atoms with E-state index in [4.69, 9.17) is 0 Å². The molecule has 2 amide bonds. The standard InChI is InChI=1S/C25H31N3O2S/c1-18-17-27(14-15-28(18)25(30)20-7-8-20)23(29)10-13-26-12-9-22-21(11-16-31-22)24(26)19-5-3-2-4-6-19/h2-6,11,16,18,20,24H,7-10,12-15,17H2,1H3. The number of nitrogens with zero attached hydrogens (tertiary/aromatic N) is 3. The summed E-state index contributed by atoms with van der Waals surface area (Å²) in [4.78, 5) is 33.4. The van der Waals surface area contributed by atoms with Gasteiger partial charge in [-0.3, -0.25) is 14.5 Å². The van der Waals surface area contributed by atoms with Gasteiger partial charge in [0.15, 0.2) is 0 Å². The normalized spacial score (nSPS) is 24.2. The van der Waals surface area contributed by atoms with Gasteiger partial charge in [0.25, 0.3) is 0 Å². The highest BCUT2D eigenvalue weighted by Crippen LogP contribution is 2.37. The van der Waals surface area contributed by atoms with Crippen molar-refractivity contribution in [2.75, 3.05) is 32.7 Å². The summed E-state index contributed by atoms with van der Waals surface area (Å²) < 4.78 is 0. The van der Waals surface area contributed by atoms with Gasteiger partial charge in [-0.1, -0.05) is 30.3 Å². The van der Waals surface area contributed by atoms with Crippen LogP contribution in [0, 0.1) is 5.92 Å². The van der Waals surface area contributed by atoms with Crippen molar-refractivity contribution in [3.05, 3.63) is 57.8 Å². The third-order valence-corrected chi connectivity index (χ3v) is 7.98. The predicted octanol–water partition coefficient (Wildman–Crippen LogP) is 3.56. The van der Waals surface area contributed by atoms with Gasteiger partial charge in [-0.25, -0.2) is 0 Å². The van der Waals surface area contributed by atoms with E-state index in [9.17, 15) is 9.59 Å². The van der Waals surface area contributed by atoms with Gasteiger partial charge in [0, 0.05) is 56.0 Å². The van der Waals surface area contributed by atoms with E-state index in [1.54, 1.807) is 0 Å². The number of benzene rings is 1. The Balaban J connectivity index is 1.22. The first-order valence-corrected chi connectivity index (χ1v) is 12.4. The molecule has 2 fully saturated rings. The van der Waals surface area contributed by atoms with Crippen LogP contribution < -0.4 is 0 Å². The van der Waals surface area contributed by atoms with Crippen LogP contribution in [-0.2, 0) is 16.0 Å². The van der Waals surface area contributed by atoms with E-state index in [2.05, 4.69) is 53.6 Å². The van der Waals surface area contributed by atoms with Gasteiger partial charge in [0.05, 0.1) is 6.04 Å². The highest BCUT2D eigenvalue weighted by Gasteiger charge is 2.38. The van der Waals surface area contributed by atoms with E-state index in [1.165, 1.54) is 16.0 Å². The fourth-order valence-corrected chi connectivity index (χ4v) is 6.01. The molecule has 2 atom stereocenters. The lowest BCUT2D eigenvalue weighted by Gasteiger charge is -2.41. The van der Waals surface area contributed by atoms with Gasteiger partial charge in [-0.15, -0.1) is 11.3 Å². The molecule has 0 spiro atoms. The highest BCUT2D eigenvalue weighted by molar-refractivity contribution is 7.10. The Kier molecular flexibility index (Phi) is 5.85. The monoisotopic (exact) mass is 437 g/mol. The second kappa shape index (κ2) is 8.75. The minimum atomic E-state index is 0.117. The van der Waals surface area contributed by atoms with E-state index in [0.29, 0.717) is 32.0 Å². The summed E-state index contributed by atoms with van der Waals surface area (Å²) in [6.45, 7) is 5.83. The zero-order valence-corrected chi connectivity index (χ0v) is 19.0. The number of rotatable bonds is 5. The van der Waals surface area contributed by atoms with Crippen molar-refractivity contribution < 1.29 is 9.59 Å². The molecule has 3 heterocycles. The smallest absolute Gasteiger partial charge is 0.226 e. The summed E-state index contributed by atoms with van der Waals surface area (Å²) in [5, 5.41) is 2.19. The number of carbonyl (C=O) groups excluding carboxylic acids is 2. The maximum absolute atomic E-state index is 13.0. The number of piperazine rings is 1. The molecule has 1 aromatic heterocycles. The predicted molar refractivity (Wildman–Crippen MR) is 123 cm³/mol. The molecule has 1 saturated heterocycles. The van der Waals surface area contributed by atoms with Crippen molar-refractivity contribution in [1.29, 1.82) is 0 Å². The van der Waals surface area contributed by atoms with Gasteiger partial charge in [0.1, 0.15) is 0 Å². The van der Waals surface area contributed by atoms with Gasteiger partial charge in [-0.2, -0.15) is 0 Å². The molecule has 3 aliphatic rings. The van der Waals surface area contributed by atoms with Crippen LogP contribution in [0.3, 0.4) is 0 Å². The maximum Gasteiger partial charge on any atom is 0.226 e. The molecule has 0 radical (unpaired) electrons. The zero-order chi connectivity index (χ0) is 21.4. The number of hydrogen-bond donors (Lipinski definition) is 0. The van der Waals surface area contributed by atoms with E-state index in [-0.39, 0.29) is 23.9 Å². The molecular formula is C25H31N3O2S. The Morgan fingerprint density at radius 3 is 2.61 bits per heavy atom. The first-order valence-electron chi connectivity index (χ1n) is 11.6. The van der Waals surface area contributed by atoms with E-state index >= 15 is 0 Å². The minimum Gasteiger partial charge on any atom is -0.339 e. The van der Waals surface area contributed by atoms with Gasteiger partial charge < -0.3 is 9.80 Å². The van der Waals surface area contributed by atoms with Gasteiger partial charge in [0.2, 0.25) is 11.8 Å². The van der Waals surface area contributed by atoms with Crippen LogP contribution in [0.15, 0.2) is 41.8 Å². The van der Waals surface area contributed by atoms with Crippen LogP contribution >= 0.6 is 11.3 Å². The number of amides is 2. The topological polar surface area (TPSA) is 43.9 Å². The summed E-state index contributed by atoms with van der Waals surface area (Å²) in [7, 11) is 0. The molecule has 2 unspecified atom stereocenters. The molecule has 5 rings (SSSR count). The quantitative estimate of drug-likeness (QED) is 0.719. The fourth-order valence-electron chi connectivity index (χ4n) is 5.11. The van der Waals surface area contributed by atoms with Crippen LogP contribution in [0.5, 0.6) is 0 Å². The van der Waals surface area contributed by atoms with Crippen LogP contribution in [0.2, 0.25) is 0 Å². The SMILES string of the molecule is CC1CN(C(=O)CCN2CCc3sccc3C2c2ccccc2)CCN1C(=O)C1CC1. The van der Waals surface area contributed by atoms with Crippen molar-refractivity contribution in [2.24, 2.45) is 5.92 Å². The second-order valence-electron chi connectivity index (χ2n) is 9.14. The second-order valence-corrected chi connectivity index (χ2v) is 10.1. The average molecular weight is 438 g/mol. The van der Waals surface area contributed by atoms with Crippen LogP contribution in [0.4, 0.5) is 0 Å². The molecule has 31 heavy (non-hydrogen) atoms. The Labute approximate surface area is 188 Å². The average Bonchev–Trinajstić information content (AvgIpc) is 3.54. The molecule has 5 nitrogen and oxygen atoms in total. The first-order chi connectivity index (χ1) is 15.1. The molecule has 2 aliphatic heterocycles. The number of carbonyl (C=O) groups is 2. The van der Waals surface area contributed by atoms with E-state index in [0.717, 1.165) is 32.4 Å². The summed E-state index contributed by atoms with van der Waals surface area (Å²) in [5.41, 5.74) is 2.70. The lowest BCUT2D eigenvalue weighted by molar-refractivity contribution is -0.143. The molecule has 164 valence electrons. The van der Waals surface area contributed by atoms with Gasteiger partial charge in [-0.05, 0) is 48.8 Å². The largest absolute Gasteiger partial charge is 0.339 e. The molecular weight excluding hydrogens is 406 g/mol. The molecule has 1 aliphatic carbocycles. The van der Waals surface area contributed by atoms with Crippen molar-refractivity contribution in [2.45, 2.75) is 44.7 Å². The highest BCUT2D eigenvalue weighted by atomic mass is 32.1. The third-order valence-electron chi connectivity index (χ3n) is 6.98. The van der Waals surface area contributed by atoms with Crippen molar-refractivity contribution >= 4 is 23.2 Å². The summed E-state index contributed by atoms with van der Waals surface area (Å²) in [5.74, 6) is 0.763. The van der Waals surface area contributed by atoms with Crippen LogP contribution in [0.25, 0.3) is 0 Å². The van der Waals surface area contributed by atoms with Crippen LogP contribution in [0.1, 0.15) is 48.2 Å². The number of thiophene rings is 1. The summed E-state index contributed by atoms with van der Waals surface area (Å²) in [6, 6.07) is 13.3. The fraction of sp³-hybridized carbons (Fsp3) is 0.520. The summed E-state index contributed by atoms with van der Waals surface area (Å²) >= 11 is 1.85. The van der Waals surface area contributed by atoms with Crippen molar-refractivity contribution in [3.8, 4) is 0 Å².